The van der Waals surface area contributed by atoms with Gasteiger partial charge in [-0.1, -0.05) is 70.0 Å². The summed E-state index contributed by atoms with van der Waals surface area (Å²) < 4.78 is 11.1. The zero-order valence-corrected chi connectivity index (χ0v) is 36.7. The number of unbranched alkanes of at least 4 members (excludes halogenated alkanes) is 3. The number of likely N-dealkylation sites (tertiary alicyclic amines) is 1. The highest BCUT2D eigenvalue weighted by atomic mass is 32.1. The molecular formula is C46H59N7O8S. The van der Waals surface area contributed by atoms with Gasteiger partial charge in [0.25, 0.3) is 5.91 Å². The van der Waals surface area contributed by atoms with Crippen molar-refractivity contribution in [2.75, 3.05) is 55.9 Å². The van der Waals surface area contributed by atoms with Crippen molar-refractivity contribution < 1.29 is 38.6 Å². The van der Waals surface area contributed by atoms with E-state index in [0.717, 1.165) is 47.4 Å². The number of hydrogen-bond donors (Lipinski definition) is 6. The van der Waals surface area contributed by atoms with Crippen LogP contribution < -0.4 is 27.0 Å². The normalized spacial score (nSPS) is 15.7. The van der Waals surface area contributed by atoms with E-state index in [0.29, 0.717) is 42.4 Å². The number of β-amino-alcohol motifs (C(OH)–C–C–N with tert-alkyl or cyclic N) is 1. The van der Waals surface area contributed by atoms with Gasteiger partial charge in [-0.15, -0.1) is 11.3 Å². The molecule has 0 aliphatic carbocycles. The average molecular weight is 870 g/mol. The first-order valence-corrected chi connectivity index (χ1v) is 21.8. The van der Waals surface area contributed by atoms with E-state index >= 15 is 0 Å². The number of anilines is 3. The zero-order chi connectivity index (χ0) is 44.6. The van der Waals surface area contributed by atoms with Crippen LogP contribution in [-0.4, -0.2) is 96.2 Å². The summed E-state index contributed by atoms with van der Waals surface area (Å²) >= 11 is 1.58. The summed E-state index contributed by atoms with van der Waals surface area (Å²) in [6, 6.07) is 20.5. The number of benzene rings is 3. The number of aromatic nitrogens is 1. The number of hydrogen-bond acceptors (Lipinski definition) is 11. The molecule has 15 nitrogen and oxygen atoms in total. The first-order valence-electron chi connectivity index (χ1n) is 20.9. The Bertz CT molecular complexity index is 2120. The molecule has 62 heavy (non-hydrogen) atoms. The third-order valence-electron chi connectivity index (χ3n) is 10.4. The number of aliphatic hydroxyl groups is 1. The molecule has 2 heterocycles. The molecule has 0 spiro atoms. The van der Waals surface area contributed by atoms with Crippen LogP contribution in [-0.2, 0) is 35.2 Å². The minimum absolute atomic E-state index is 0.0716. The first-order chi connectivity index (χ1) is 29.7. The van der Waals surface area contributed by atoms with Crippen LogP contribution >= 0.6 is 11.3 Å². The van der Waals surface area contributed by atoms with Gasteiger partial charge in [0, 0.05) is 44.1 Å². The molecule has 3 atom stereocenters. The number of carbonyl (C=O) groups excluding carboxylic acids is 5. The van der Waals surface area contributed by atoms with E-state index in [9.17, 15) is 29.1 Å². The number of rotatable bonds is 20. The maximum absolute atomic E-state index is 13.8. The number of amides is 5. The van der Waals surface area contributed by atoms with Crippen molar-refractivity contribution in [2.45, 2.75) is 78.5 Å². The van der Waals surface area contributed by atoms with Crippen molar-refractivity contribution in [1.29, 1.82) is 0 Å². The second-order valence-electron chi connectivity index (χ2n) is 16.6. The molecule has 1 aromatic heterocycles. The second kappa shape index (κ2) is 23.0. The molecule has 0 unspecified atom stereocenters. The third kappa shape index (κ3) is 14.5. The highest BCUT2D eigenvalue weighted by Gasteiger charge is 2.40. The van der Waals surface area contributed by atoms with Crippen LogP contribution in [0.3, 0.4) is 0 Å². The summed E-state index contributed by atoms with van der Waals surface area (Å²) in [4.78, 5) is 71.8. The largest absolute Gasteiger partial charge is 0.397 e. The molecule has 0 radical (unpaired) electrons. The van der Waals surface area contributed by atoms with Crippen LogP contribution in [0, 0.1) is 18.3 Å². The quantitative estimate of drug-likeness (QED) is 0.0482. The van der Waals surface area contributed by atoms with Crippen molar-refractivity contribution in [3.05, 3.63) is 95.1 Å². The number of aryl methyl sites for hydroxylation is 1. The topological polar surface area (TPSA) is 214 Å². The van der Waals surface area contributed by atoms with E-state index in [1.54, 1.807) is 59.9 Å². The van der Waals surface area contributed by atoms with Crippen molar-refractivity contribution >= 4 is 57.9 Å². The number of aliphatic hydroxyl groups excluding tert-OH is 1. The molecule has 1 saturated heterocycles. The minimum atomic E-state index is -0.894. The van der Waals surface area contributed by atoms with E-state index in [2.05, 4.69) is 26.3 Å². The minimum Gasteiger partial charge on any atom is -0.397 e. The summed E-state index contributed by atoms with van der Waals surface area (Å²) in [6.45, 7) is 8.49. The molecule has 16 heteroatoms. The maximum atomic E-state index is 13.8. The van der Waals surface area contributed by atoms with Crippen LogP contribution in [0.25, 0.3) is 10.4 Å². The fourth-order valence-electron chi connectivity index (χ4n) is 6.96. The van der Waals surface area contributed by atoms with Gasteiger partial charge in [-0.2, -0.15) is 0 Å². The van der Waals surface area contributed by atoms with Crippen LogP contribution in [0.1, 0.15) is 74.5 Å². The predicted octanol–water partition coefficient (Wildman–Crippen LogP) is 5.54. The SMILES string of the molecule is Cc1ncsc1-c1ccc(CNC(=O)[C@@H]2C[C@@H](O)CN(C(=O)[C@@H](NC(=O)COCCCCCCOCC(=O)Nc3ccc(C(=O)Nc4ccccc4N)cc3)C(C)(C)C)C2)cc1. The van der Waals surface area contributed by atoms with Crippen molar-refractivity contribution in [3.8, 4) is 10.4 Å². The first kappa shape index (κ1) is 47.4. The standard InChI is InChI=1S/C46H59N7O8S/c1-30-41(62-29-49-30)32-15-13-31(14-16-32)24-48-43(57)34-23-36(54)26-53(25-34)45(59)42(46(2,3)4)52-40(56)28-61-22-10-6-5-9-21-60-27-39(55)50-35-19-17-33(18-20-35)44(58)51-38-12-8-7-11-37(38)47/h7-8,11-20,29,34,36,42,54H,5-6,9-10,21-28,47H2,1-4H3,(H,48,57)(H,50,55)(H,51,58)(H,52,56)/t34-,36-,42-/m1/s1. The third-order valence-corrected chi connectivity index (χ3v) is 11.4. The molecule has 5 amide bonds. The number of carbonyl (C=O) groups is 5. The number of nitrogens with zero attached hydrogens (tertiary/aromatic N) is 2. The lowest BCUT2D eigenvalue weighted by molar-refractivity contribution is -0.146. The van der Waals surface area contributed by atoms with Crippen LogP contribution in [0.15, 0.2) is 78.3 Å². The van der Waals surface area contributed by atoms with Gasteiger partial charge in [0.05, 0.1) is 39.5 Å². The summed E-state index contributed by atoms with van der Waals surface area (Å²) in [7, 11) is 0. The molecule has 5 rings (SSSR count). The Balaban J connectivity index is 0.935. The lowest BCUT2D eigenvalue weighted by Gasteiger charge is -2.40. The number of nitrogens with two attached hydrogens (primary N) is 1. The monoisotopic (exact) mass is 869 g/mol. The number of para-hydroxylation sites is 2. The number of nitrogens with one attached hydrogen (secondary N) is 4. The number of thiazole rings is 1. The second-order valence-corrected chi connectivity index (χ2v) is 17.4. The van der Waals surface area contributed by atoms with Gasteiger partial charge in [-0.25, -0.2) is 4.98 Å². The Labute approximate surface area is 367 Å². The lowest BCUT2D eigenvalue weighted by atomic mass is 9.84. The lowest BCUT2D eigenvalue weighted by Crippen LogP contribution is -2.59. The van der Waals surface area contributed by atoms with Crippen molar-refractivity contribution in [2.24, 2.45) is 11.3 Å². The average Bonchev–Trinajstić information content (AvgIpc) is 3.68. The predicted molar refractivity (Wildman–Crippen MR) is 240 cm³/mol. The summed E-state index contributed by atoms with van der Waals surface area (Å²) in [5.41, 5.74) is 12.0. The van der Waals surface area contributed by atoms with Gasteiger partial charge < -0.3 is 46.5 Å². The fourth-order valence-corrected chi connectivity index (χ4v) is 7.77. The Morgan fingerprint density at radius 1 is 0.871 bits per heavy atom. The van der Waals surface area contributed by atoms with Gasteiger partial charge in [0.2, 0.25) is 23.6 Å². The van der Waals surface area contributed by atoms with Crippen LogP contribution in [0.2, 0.25) is 0 Å². The maximum Gasteiger partial charge on any atom is 0.255 e. The summed E-state index contributed by atoms with van der Waals surface area (Å²) in [6.07, 6.45) is 2.50. The van der Waals surface area contributed by atoms with Crippen LogP contribution in [0.4, 0.5) is 17.1 Å². The van der Waals surface area contributed by atoms with Crippen LogP contribution in [0.5, 0.6) is 0 Å². The summed E-state index contributed by atoms with van der Waals surface area (Å²) in [5, 5.41) is 22.0. The molecule has 0 saturated carbocycles. The number of nitrogen functional groups attached to an aromatic ring is 1. The molecule has 332 valence electrons. The van der Waals surface area contributed by atoms with Crippen molar-refractivity contribution in [3.63, 3.8) is 0 Å². The number of ether oxygens (including phenoxy) is 2. The highest BCUT2D eigenvalue weighted by molar-refractivity contribution is 7.13. The van der Waals surface area contributed by atoms with Gasteiger partial charge in [-0.3, -0.25) is 24.0 Å². The Hall–Kier alpha value is -5.68. The van der Waals surface area contributed by atoms with Gasteiger partial charge in [0.15, 0.2) is 0 Å². The van der Waals surface area contributed by atoms with E-state index < -0.39 is 29.4 Å². The highest BCUT2D eigenvalue weighted by Crippen LogP contribution is 2.28. The fraction of sp³-hybridized carbons (Fsp3) is 0.435. The molecule has 7 N–H and O–H groups in total. The molecular weight excluding hydrogens is 811 g/mol. The Morgan fingerprint density at radius 2 is 1.53 bits per heavy atom. The molecule has 1 aliphatic heterocycles. The Kier molecular flexibility index (Phi) is 17.5. The molecule has 3 aromatic carbocycles. The van der Waals surface area contributed by atoms with Gasteiger partial charge in [0.1, 0.15) is 19.3 Å². The van der Waals surface area contributed by atoms with E-state index in [4.69, 9.17) is 15.2 Å². The number of piperidine rings is 1. The molecule has 1 fully saturated rings. The molecule has 0 bridgehead atoms. The van der Waals surface area contributed by atoms with Gasteiger partial charge >= 0.3 is 0 Å². The van der Waals surface area contributed by atoms with E-state index in [1.165, 1.54) is 4.90 Å². The Morgan fingerprint density at radius 3 is 2.16 bits per heavy atom. The smallest absolute Gasteiger partial charge is 0.255 e. The summed E-state index contributed by atoms with van der Waals surface area (Å²) in [5.74, 6) is -2.26. The zero-order valence-electron chi connectivity index (χ0n) is 35.9. The molecule has 4 aromatic rings. The molecule has 1 aliphatic rings. The van der Waals surface area contributed by atoms with E-state index in [-0.39, 0.29) is 56.4 Å². The van der Waals surface area contributed by atoms with Gasteiger partial charge in [-0.05, 0) is 79.1 Å². The van der Waals surface area contributed by atoms with Crippen molar-refractivity contribution in [1.82, 2.24) is 20.5 Å². The van der Waals surface area contributed by atoms with E-state index in [1.807, 2.05) is 57.5 Å².